The van der Waals surface area contributed by atoms with Gasteiger partial charge >= 0.3 is 0 Å². The van der Waals surface area contributed by atoms with Gasteiger partial charge in [0.05, 0.1) is 4.90 Å². The highest BCUT2D eigenvalue weighted by Gasteiger charge is 2.27. The van der Waals surface area contributed by atoms with Crippen molar-refractivity contribution in [3.8, 4) is 0 Å². The number of aryl methyl sites for hydroxylation is 1. The van der Waals surface area contributed by atoms with Crippen LogP contribution < -0.4 is 5.32 Å². The summed E-state index contributed by atoms with van der Waals surface area (Å²) in [6.45, 7) is 0.971. The van der Waals surface area contributed by atoms with Gasteiger partial charge in [0.25, 0.3) is 5.91 Å². The molecular weight excluding hydrogens is 443 g/mol. The predicted octanol–water partition coefficient (Wildman–Crippen LogP) is 3.64. The Morgan fingerprint density at radius 3 is 2.45 bits per heavy atom. The number of nitrogens with zero attached hydrogens (tertiary/aromatic N) is 3. The number of halogens is 1. The summed E-state index contributed by atoms with van der Waals surface area (Å²) in [6, 6.07) is 11.3. The lowest BCUT2D eigenvalue weighted by Gasteiger charge is -2.21. The van der Waals surface area contributed by atoms with Crippen molar-refractivity contribution in [3.63, 3.8) is 0 Å². The smallest absolute Gasteiger partial charge is 0.252 e. The molecule has 0 spiro atoms. The first-order valence-electron chi connectivity index (χ1n) is 11.0. The average Bonchev–Trinajstić information content (AvgIpc) is 3.05. The third kappa shape index (κ3) is 5.15. The summed E-state index contributed by atoms with van der Waals surface area (Å²) in [6.07, 6.45) is 7.04. The number of carbonyl (C=O) groups is 1. The maximum atomic E-state index is 13.9. The van der Waals surface area contributed by atoms with Gasteiger partial charge in [-0.25, -0.2) is 17.8 Å². The molecule has 0 aliphatic carbocycles. The third-order valence-corrected chi connectivity index (χ3v) is 7.77. The van der Waals surface area contributed by atoms with Gasteiger partial charge < -0.3 is 9.88 Å². The topological polar surface area (TPSA) is 84.3 Å². The molecule has 1 aromatic heterocycles. The van der Waals surface area contributed by atoms with Crippen LogP contribution in [0.2, 0.25) is 0 Å². The van der Waals surface area contributed by atoms with Crippen LogP contribution in [0.4, 0.5) is 4.39 Å². The quantitative estimate of drug-likeness (QED) is 0.596. The molecule has 1 fully saturated rings. The molecule has 174 valence electrons. The van der Waals surface area contributed by atoms with Gasteiger partial charge in [0.15, 0.2) is 0 Å². The molecule has 7 nitrogen and oxygen atoms in total. The molecule has 0 bridgehead atoms. The Morgan fingerprint density at radius 2 is 1.79 bits per heavy atom. The number of amides is 1. The summed E-state index contributed by atoms with van der Waals surface area (Å²) in [5, 5.41) is 2.89. The number of sulfonamides is 1. The zero-order chi connectivity index (χ0) is 23.4. The van der Waals surface area contributed by atoms with E-state index in [0.717, 1.165) is 25.7 Å². The van der Waals surface area contributed by atoms with Gasteiger partial charge in [-0.3, -0.25) is 4.79 Å². The van der Waals surface area contributed by atoms with Crippen molar-refractivity contribution < 1.29 is 17.6 Å². The van der Waals surface area contributed by atoms with E-state index in [0.29, 0.717) is 24.5 Å². The largest absolute Gasteiger partial charge is 0.338 e. The van der Waals surface area contributed by atoms with Crippen LogP contribution in [0.1, 0.15) is 53.5 Å². The van der Waals surface area contributed by atoms with Crippen molar-refractivity contribution in [2.45, 2.75) is 36.6 Å². The van der Waals surface area contributed by atoms with Crippen LogP contribution in [0.3, 0.4) is 0 Å². The second-order valence-corrected chi connectivity index (χ2v) is 10.1. The first-order chi connectivity index (χ1) is 15.9. The van der Waals surface area contributed by atoms with E-state index in [2.05, 4.69) is 10.3 Å². The summed E-state index contributed by atoms with van der Waals surface area (Å²) in [7, 11) is -1.90. The van der Waals surface area contributed by atoms with Gasteiger partial charge in [0.2, 0.25) is 10.0 Å². The van der Waals surface area contributed by atoms with Gasteiger partial charge in [-0.2, -0.15) is 4.31 Å². The maximum Gasteiger partial charge on any atom is 0.252 e. The highest BCUT2D eigenvalue weighted by atomic mass is 32.2. The molecule has 3 aromatic rings. The van der Waals surface area contributed by atoms with E-state index in [1.54, 1.807) is 48.3 Å². The van der Waals surface area contributed by atoms with Crippen molar-refractivity contribution in [1.82, 2.24) is 19.2 Å². The van der Waals surface area contributed by atoms with E-state index in [1.807, 2.05) is 0 Å². The van der Waals surface area contributed by atoms with Crippen LogP contribution in [0.5, 0.6) is 0 Å². The summed E-state index contributed by atoms with van der Waals surface area (Å²) in [5.41, 5.74) is 0.743. The van der Waals surface area contributed by atoms with Crippen molar-refractivity contribution in [3.05, 3.63) is 83.7 Å². The Hall–Kier alpha value is -3.04. The van der Waals surface area contributed by atoms with Crippen LogP contribution in [-0.4, -0.2) is 41.3 Å². The van der Waals surface area contributed by atoms with Crippen LogP contribution in [0, 0.1) is 5.82 Å². The molecule has 4 rings (SSSR count). The fourth-order valence-electron chi connectivity index (χ4n) is 4.08. The Labute approximate surface area is 193 Å². The van der Waals surface area contributed by atoms with Crippen LogP contribution >= 0.6 is 0 Å². The van der Waals surface area contributed by atoms with Crippen LogP contribution in [-0.2, 0) is 17.1 Å². The molecule has 1 atom stereocenters. The third-order valence-electron chi connectivity index (χ3n) is 5.87. The first kappa shape index (κ1) is 23.1. The van der Waals surface area contributed by atoms with Crippen molar-refractivity contribution >= 4 is 15.9 Å². The minimum absolute atomic E-state index is 0.0938. The number of carbonyl (C=O) groups excluding carboxylic acids is 1. The minimum Gasteiger partial charge on any atom is -0.338 e. The fourth-order valence-corrected chi connectivity index (χ4v) is 5.65. The highest BCUT2D eigenvalue weighted by molar-refractivity contribution is 7.89. The van der Waals surface area contributed by atoms with Crippen molar-refractivity contribution in [1.29, 1.82) is 0 Å². The number of rotatable bonds is 6. The molecule has 2 aromatic carbocycles. The number of imidazole rings is 1. The standard InChI is InChI=1S/C24H27FN4O3S/c1-28-15-12-26-23(28)22(18-8-6-10-20(25)16-18)27-24(30)19-9-7-11-21(17-19)33(31,32)29-13-4-2-3-5-14-29/h6-12,15-17,22H,2-5,13-14H2,1H3,(H,27,30). The first-order valence-corrected chi connectivity index (χ1v) is 12.4. The van der Waals surface area contributed by atoms with Crippen LogP contribution in [0.25, 0.3) is 0 Å². The van der Waals surface area contributed by atoms with E-state index in [4.69, 9.17) is 0 Å². The predicted molar refractivity (Wildman–Crippen MR) is 123 cm³/mol. The number of hydrogen-bond acceptors (Lipinski definition) is 4. The van der Waals surface area contributed by atoms with Gasteiger partial charge in [-0.05, 0) is 48.7 Å². The van der Waals surface area contributed by atoms with E-state index >= 15 is 0 Å². The number of aromatic nitrogens is 2. The Kier molecular flexibility index (Phi) is 6.90. The lowest BCUT2D eigenvalue weighted by atomic mass is 10.0. The highest BCUT2D eigenvalue weighted by Crippen LogP contribution is 2.24. The molecule has 33 heavy (non-hydrogen) atoms. The molecular formula is C24H27FN4O3S. The molecule has 1 N–H and O–H groups in total. The second kappa shape index (κ2) is 9.84. The van der Waals surface area contributed by atoms with Gasteiger partial charge in [-0.15, -0.1) is 0 Å². The Balaban J connectivity index is 1.62. The molecule has 1 amide bonds. The minimum atomic E-state index is -3.69. The number of nitrogens with one attached hydrogen (secondary N) is 1. The molecule has 0 radical (unpaired) electrons. The summed E-state index contributed by atoms with van der Waals surface area (Å²) in [4.78, 5) is 17.6. The monoisotopic (exact) mass is 470 g/mol. The summed E-state index contributed by atoms with van der Waals surface area (Å²) in [5.74, 6) is -0.367. The zero-order valence-corrected chi connectivity index (χ0v) is 19.3. The molecule has 2 heterocycles. The fraction of sp³-hybridized carbons (Fsp3) is 0.333. The molecule has 9 heteroatoms. The molecule has 0 saturated carbocycles. The number of hydrogen-bond donors (Lipinski definition) is 1. The number of benzene rings is 2. The Bertz CT molecular complexity index is 1230. The lowest BCUT2D eigenvalue weighted by molar-refractivity contribution is 0.0941. The van der Waals surface area contributed by atoms with Crippen molar-refractivity contribution in [2.24, 2.45) is 7.05 Å². The summed E-state index contributed by atoms with van der Waals surface area (Å²) < 4.78 is 43.5. The van der Waals surface area contributed by atoms with Crippen molar-refractivity contribution in [2.75, 3.05) is 13.1 Å². The Morgan fingerprint density at radius 1 is 1.06 bits per heavy atom. The van der Waals surface area contributed by atoms with E-state index in [1.165, 1.54) is 28.6 Å². The van der Waals surface area contributed by atoms with Gasteiger partial charge in [0, 0.05) is 38.1 Å². The SMILES string of the molecule is Cn1ccnc1C(NC(=O)c1cccc(S(=O)(=O)N2CCCCCC2)c1)c1cccc(F)c1. The average molecular weight is 471 g/mol. The molecule has 1 aliphatic rings. The van der Waals surface area contributed by atoms with Gasteiger partial charge in [-0.1, -0.05) is 31.0 Å². The molecule has 1 unspecified atom stereocenters. The molecule has 1 aliphatic heterocycles. The summed E-state index contributed by atoms with van der Waals surface area (Å²) >= 11 is 0. The van der Waals surface area contributed by atoms with E-state index < -0.39 is 27.8 Å². The van der Waals surface area contributed by atoms with E-state index in [9.17, 15) is 17.6 Å². The van der Waals surface area contributed by atoms with E-state index in [-0.39, 0.29) is 10.5 Å². The van der Waals surface area contributed by atoms with Crippen LogP contribution in [0.15, 0.2) is 65.8 Å². The molecule has 1 saturated heterocycles. The van der Waals surface area contributed by atoms with Gasteiger partial charge in [0.1, 0.15) is 17.7 Å². The maximum absolute atomic E-state index is 13.9. The zero-order valence-electron chi connectivity index (χ0n) is 18.4. The lowest BCUT2D eigenvalue weighted by Crippen LogP contribution is -2.33. The second-order valence-electron chi connectivity index (χ2n) is 8.20. The normalized spacial score (nSPS) is 16.2.